The van der Waals surface area contributed by atoms with E-state index in [0.717, 1.165) is 38.0 Å². The van der Waals surface area contributed by atoms with Crippen LogP contribution in [0.2, 0.25) is 0 Å². The Labute approximate surface area is 140 Å². The van der Waals surface area contributed by atoms with Crippen LogP contribution in [0.1, 0.15) is 18.4 Å². The fourth-order valence-electron chi connectivity index (χ4n) is 2.68. The summed E-state index contributed by atoms with van der Waals surface area (Å²) in [5.41, 5.74) is 1.04. The Morgan fingerprint density at radius 1 is 1.18 bits per heavy atom. The van der Waals surface area contributed by atoms with Gasteiger partial charge in [0.15, 0.2) is 0 Å². The molecule has 1 saturated heterocycles. The lowest BCUT2D eigenvalue weighted by atomic mass is 10.0. The summed E-state index contributed by atoms with van der Waals surface area (Å²) >= 11 is 0. The van der Waals surface area contributed by atoms with Crippen molar-refractivity contribution in [3.8, 4) is 0 Å². The van der Waals surface area contributed by atoms with Gasteiger partial charge in [-0.1, -0.05) is 12.1 Å². The second-order valence-electron chi connectivity index (χ2n) is 5.83. The summed E-state index contributed by atoms with van der Waals surface area (Å²) < 4.78 is 25.6. The van der Waals surface area contributed by atoms with Crippen molar-refractivity contribution in [1.82, 2.24) is 14.5 Å². The Hall–Kier alpha value is -0.660. The molecule has 1 aliphatic heterocycles. The highest BCUT2D eigenvalue weighted by Crippen LogP contribution is 2.18. The molecule has 126 valence electrons. The van der Waals surface area contributed by atoms with Crippen molar-refractivity contribution < 1.29 is 8.42 Å². The number of nitrogens with one attached hydrogen (secondary N) is 1. The molecule has 0 amide bonds. The monoisotopic (exact) mass is 347 g/mol. The predicted molar refractivity (Wildman–Crippen MR) is 91.9 cm³/mol. The Balaban J connectivity index is 0.00000242. The molecule has 0 aliphatic carbocycles. The third-order valence-corrected chi connectivity index (χ3v) is 5.85. The van der Waals surface area contributed by atoms with Gasteiger partial charge in [-0.25, -0.2) is 12.7 Å². The largest absolute Gasteiger partial charge is 0.317 e. The molecule has 5 nitrogen and oxygen atoms in total. The molecule has 0 radical (unpaired) electrons. The number of rotatable bonds is 5. The van der Waals surface area contributed by atoms with E-state index >= 15 is 0 Å². The van der Waals surface area contributed by atoms with Crippen LogP contribution in [0.4, 0.5) is 0 Å². The van der Waals surface area contributed by atoms with Crippen LogP contribution in [0.3, 0.4) is 0 Å². The molecule has 0 bridgehead atoms. The molecule has 1 aromatic rings. The van der Waals surface area contributed by atoms with Crippen molar-refractivity contribution in [2.24, 2.45) is 0 Å². The van der Waals surface area contributed by atoms with Crippen LogP contribution < -0.4 is 5.32 Å². The van der Waals surface area contributed by atoms with Crippen LogP contribution >= 0.6 is 12.4 Å². The number of halogens is 1. The van der Waals surface area contributed by atoms with Gasteiger partial charge in [0.2, 0.25) is 10.0 Å². The smallest absolute Gasteiger partial charge is 0.242 e. The van der Waals surface area contributed by atoms with Crippen LogP contribution in [-0.4, -0.2) is 57.9 Å². The molecule has 1 heterocycles. The Kier molecular flexibility index (Phi) is 7.28. The number of benzene rings is 1. The lowest BCUT2D eigenvalue weighted by Crippen LogP contribution is -2.40. The Morgan fingerprint density at radius 2 is 1.82 bits per heavy atom. The van der Waals surface area contributed by atoms with E-state index < -0.39 is 10.0 Å². The van der Waals surface area contributed by atoms with E-state index in [4.69, 9.17) is 0 Å². The van der Waals surface area contributed by atoms with Gasteiger partial charge in [-0.15, -0.1) is 12.4 Å². The maximum absolute atomic E-state index is 12.2. The molecule has 2 rings (SSSR count). The molecule has 22 heavy (non-hydrogen) atoms. The van der Waals surface area contributed by atoms with Crippen LogP contribution in [0.25, 0.3) is 0 Å². The minimum absolute atomic E-state index is 0. The molecule has 1 fully saturated rings. The second kappa shape index (κ2) is 8.26. The second-order valence-corrected chi connectivity index (χ2v) is 7.98. The molecule has 7 heteroatoms. The average Bonchev–Trinajstić information content (AvgIpc) is 2.48. The topological polar surface area (TPSA) is 52.7 Å². The van der Waals surface area contributed by atoms with Gasteiger partial charge in [0.1, 0.15) is 0 Å². The van der Waals surface area contributed by atoms with Gasteiger partial charge in [0.25, 0.3) is 0 Å². The van der Waals surface area contributed by atoms with E-state index in [9.17, 15) is 8.42 Å². The Morgan fingerprint density at radius 3 is 2.41 bits per heavy atom. The molecule has 0 unspecified atom stereocenters. The number of nitrogens with zero attached hydrogens (tertiary/aromatic N) is 2. The van der Waals surface area contributed by atoms with Crippen LogP contribution in [0.15, 0.2) is 29.2 Å². The first-order valence-corrected chi connectivity index (χ1v) is 8.77. The molecule has 0 atom stereocenters. The SMILES string of the molecule is CN(Cc1cccc(S(=O)(=O)N(C)C)c1)C1CCNCC1.Cl. The highest BCUT2D eigenvalue weighted by atomic mass is 35.5. The molecule has 0 saturated carbocycles. The predicted octanol–water partition coefficient (Wildman–Crippen LogP) is 1.54. The zero-order valence-electron chi connectivity index (χ0n) is 13.4. The maximum Gasteiger partial charge on any atom is 0.242 e. The zero-order valence-corrected chi connectivity index (χ0v) is 15.1. The summed E-state index contributed by atoms with van der Waals surface area (Å²) in [5, 5.41) is 3.36. The first-order valence-electron chi connectivity index (χ1n) is 7.33. The van der Waals surface area contributed by atoms with Crippen molar-refractivity contribution in [2.75, 3.05) is 34.2 Å². The zero-order chi connectivity index (χ0) is 15.5. The highest BCUT2D eigenvalue weighted by Gasteiger charge is 2.20. The molecule has 1 aliphatic rings. The lowest BCUT2D eigenvalue weighted by Gasteiger charge is -2.31. The molecule has 1 aromatic carbocycles. The van der Waals surface area contributed by atoms with Gasteiger partial charge >= 0.3 is 0 Å². The summed E-state index contributed by atoms with van der Waals surface area (Å²) in [6.45, 7) is 2.90. The summed E-state index contributed by atoms with van der Waals surface area (Å²) in [5.74, 6) is 0. The van der Waals surface area contributed by atoms with Gasteiger partial charge < -0.3 is 5.32 Å². The standard InChI is InChI=1S/C15H25N3O2S.ClH/c1-17(2)21(19,20)15-6-4-5-13(11-15)12-18(3)14-7-9-16-10-8-14;/h4-6,11,14,16H,7-10,12H2,1-3H3;1H. The summed E-state index contributed by atoms with van der Waals surface area (Å²) in [7, 11) is 1.88. The van der Waals surface area contributed by atoms with Crippen molar-refractivity contribution in [3.05, 3.63) is 29.8 Å². The average molecular weight is 348 g/mol. The quantitative estimate of drug-likeness (QED) is 0.878. The molecule has 0 aromatic heterocycles. The minimum Gasteiger partial charge on any atom is -0.317 e. The lowest BCUT2D eigenvalue weighted by molar-refractivity contribution is 0.191. The molecule has 1 N–H and O–H groups in total. The fourth-order valence-corrected chi connectivity index (χ4v) is 3.65. The normalized spacial score (nSPS) is 16.8. The molecular formula is C15H26ClN3O2S. The minimum atomic E-state index is -3.36. The van der Waals surface area contributed by atoms with Gasteiger partial charge in [-0.05, 0) is 50.7 Å². The first kappa shape index (κ1) is 19.4. The molecule has 0 spiro atoms. The summed E-state index contributed by atoms with van der Waals surface area (Å²) in [6, 6.07) is 7.82. The van der Waals surface area contributed by atoms with Gasteiger partial charge in [-0.2, -0.15) is 0 Å². The fraction of sp³-hybridized carbons (Fsp3) is 0.600. The van der Waals surface area contributed by atoms with E-state index in [1.807, 2.05) is 12.1 Å². The third-order valence-electron chi connectivity index (χ3n) is 4.04. The first-order chi connectivity index (χ1) is 9.91. The summed E-state index contributed by atoms with van der Waals surface area (Å²) in [4.78, 5) is 2.69. The van der Waals surface area contributed by atoms with E-state index in [0.29, 0.717) is 10.9 Å². The Bertz CT molecular complexity index is 572. The van der Waals surface area contributed by atoms with Crippen molar-refractivity contribution >= 4 is 22.4 Å². The van der Waals surface area contributed by atoms with Gasteiger partial charge in [0, 0.05) is 26.7 Å². The maximum atomic E-state index is 12.2. The number of hydrogen-bond acceptors (Lipinski definition) is 4. The number of hydrogen-bond donors (Lipinski definition) is 1. The van der Waals surface area contributed by atoms with Gasteiger partial charge in [-0.3, -0.25) is 4.90 Å². The number of piperidine rings is 1. The van der Waals surface area contributed by atoms with Crippen molar-refractivity contribution in [3.63, 3.8) is 0 Å². The van der Waals surface area contributed by atoms with Gasteiger partial charge in [0.05, 0.1) is 4.90 Å². The van der Waals surface area contributed by atoms with Crippen molar-refractivity contribution in [2.45, 2.75) is 30.3 Å². The molecular weight excluding hydrogens is 322 g/mol. The number of sulfonamides is 1. The van der Waals surface area contributed by atoms with E-state index in [1.54, 1.807) is 26.2 Å². The van der Waals surface area contributed by atoms with Crippen LogP contribution in [-0.2, 0) is 16.6 Å². The summed E-state index contributed by atoms with van der Waals surface area (Å²) in [6.07, 6.45) is 2.29. The van der Waals surface area contributed by atoms with Crippen LogP contribution in [0, 0.1) is 0 Å². The van der Waals surface area contributed by atoms with E-state index in [2.05, 4.69) is 17.3 Å². The van der Waals surface area contributed by atoms with E-state index in [-0.39, 0.29) is 12.4 Å². The van der Waals surface area contributed by atoms with Crippen LogP contribution in [0.5, 0.6) is 0 Å². The van der Waals surface area contributed by atoms with Crippen molar-refractivity contribution in [1.29, 1.82) is 0 Å². The van der Waals surface area contributed by atoms with E-state index in [1.165, 1.54) is 4.31 Å². The third kappa shape index (κ3) is 4.67. The highest BCUT2D eigenvalue weighted by molar-refractivity contribution is 7.89.